The number of hydrogen-bond donors (Lipinski definition) is 2. The summed E-state index contributed by atoms with van der Waals surface area (Å²) in [5.41, 5.74) is 0.725. The van der Waals surface area contributed by atoms with Crippen molar-refractivity contribution in [2.75, 3.05) is 13.6 Å². The van der Waals surface area contributed by atoms with Gasteiger partial charge in [-0.25, -0.2) is 0 Å². The SMILES string of the molecule is CCC(NCC(C)(C)C(=O)NC)c1cccc(Cl)c1. The lowest BCUT2D eigenvalue weighted by molar-refractivity contribution is -0.128. The van der Waals surface area contributed by atoms with Crippen LogP contribution in [0.5, 0.6) is 0 Å². The average molecular weight is 283 g/mol. The molecule has 0 spiro atoms. The van der Waals surface area contributed by atoms with Gasteiger partial charge in [-0.3, -0.25) is 4.79 Å². The molecule has 0 saturated carbocycles. The van der Waals surface area contributed by atoms with Crippen LogP contribution in [-0.2, 0) is 4.79 Å². The molecule has 0 aliphatic heterocycles. The van der Waals surface area contributed by atoms with Crippen LogP contribution in [0.25, 0.3) is 0 Å². The van der Waals surface area contributed by atoms with E-state index >= 15 is 0 Å². The first-order valence-corrected chi connectivity index (χ1v) is 6.99. The molecule has 1 aromatic rings. The Morgan fingerprint density at radius 1 is 1.42 bits per heavy atom. The van der Waals surface area contributed by atoms with Gasteiger partial charge in [0.15, 0.2) is 0 Å². The maximum Gasteiger partial charge on any atom is 0.226 e. The Bertz CT molecular complexity index is 432. The fraction of sp³-hybridized carbons (Fsp3) is 0.533. The topological polar surface area (TPSA) is 41.1 Å². The third-order valence-electron chi connectivity index (χ3n) is 3.29. The Hall–Kier alpha value is -1.06. The standard InChI is InChI=1S/C15H23ClN2O/c1-5-13(11-7-6-8-12(16)9-11)18-10-15(2,3)14(19)17-4/h6-9,13,18H,5,10H2,1-4H3,(H,17,19). The van der Waals surface area contributed by atoms with Crippen LogP contribution in [0.3, 0.4) is 0 Å². The highest BCUT2D eigenvalue weighted by atomic mass is 35.5. The summed E-state index contributed by atoms with van der Waals surface area (Å²) in [6, 6.07) is 8.05. The zero-order valence-electron chi connectivity index (χ0n) is 12.1. The Kier molecular flexibility index (Phi) is 5.83. The van der Waals surface area contributed by atoms with Gasteiger partial charge >= 0.3 is 0 Å². The molecule has 0 heterocycles. The van der Waals surface area contributed by atoms with Crippen LogP contribution in [0.4, 0.5) is 0 Å². The van der Waals surface area contributed by atoms with Crippen molar-refractivity contribution in [3.05, 3.63) is 34.9 Å². The predicted molar refractivity (Wildman–Crippen MR) is 80.3 cm³/mol. The van der Waals surface area contributed by atoms with Crippen molar-refractivity contribution in [1.29, 1.82) is 0 Å². The Morgan fingerprint density at radius 3 is 2.63 bits per heavy atom. The molecule has 19 heavy (non-hydrogen) atoms. The first-order chi connectivity index (χ1) is 8.90. The minimum atomic E-state index is -0.430. The number of benzene rings is 1. The zero-order chi connectivity index (χ0) is 14.5. The Morgan fingerprint density at radius 2 is 2.11 bits per heavy atom. The molecule has 2 N–H and O–H groups in total. The molecule has 106 valence electrons. The second kappa shape index (κ2) is 6.92. The monoisotopic (exact) mass is 282 g/mol. The number of amides is 1. The maximum atomic E-state index is 11.8. The highest BCUT2D eigenvalue weighted by Crippen LogP contribution is 2.22. The summed E-state index contributed by atoms with van der Waals surface area (Å²) in [6.07, 6.45) is 0.949. The van der Waals surface area contributed by atoms with Gasteiger partial charge in [-0.2, -0.15) is 0 Å². The van der Waals surface area contributed by atoms with Crippen molar-refractivity contribution in [3.63, 3.8) is 0 Å². The summed E-state index contributed by atoms with van der Waals surface area (Å²) in [6.45, 7) is 6.61. The molecule has 0 aromatic heterocycles. The Balaban J connectivity index is 2.71. The van der Waals surface area contributed by atoms with E-state index in [0.717, 1.165) is 17.0 Å². The molecule has 0 aliphatic rings. The van der Waals surface area contributed by atoms with Gasteiger partial charge in [-0.1, -0.05) is 30.7 Å². The van der Waals surface area contributed by atoms with Crippen LogP contribution in [0.15, 0.2) is 24.3 Å². The van der Waals surface area contributed by atoms with Gasteiger partial charge in [0.05, 0.1) is 5.41 Å². The number of nitrogens with one attached hydrogen (secondary N) is 2. The summed E-state index contributed by atoms with van der Waals surface area (Å²) in [4.78, 5) is 11.8. The third kappa shape index (κ3) is 4.51. The minimum absolute atomic E-state index is 0.0425. The second-order valence-corrected chi connectivity index (χ2v) is 5.80. The molecule has 3 nitrogen and oxygen atoms in total. The van der Waals surface area contributed by atoms with E-state index in [1.165, 1.54) is 0 Å². The summed E-state index contributed by atoms with van der Waals surface area (Å²) in [7, 11) is 1.67. The molecule has 4 heteroatoms. The van der Waals surface area contributed by atoms with Crippen molar-refractivity contribution < 1.29 is 4.79 Å². The summed E-state index contributed by atoms with van der Waals surface area (Å²) >= 11 is 6.02. The predicted octanol–water partition coefficient (Wildman–Crippen LogP) is 3.15. The summed E-state index contributed by atoms with van der Waals surface area (Å²) < 4.78 is 0. The lowest BCUT2D eigenvalue weighted by Crippen LogP contribution is -2.42. The van der Waals surface area contributed by atoms with Crippen molar-refractivity contribution in [2.24, 2.45) is 5.41 Å². The molecular formula is C15H23ClN2O. The largest absolute Gasteiger partial charge is 0.359 e. The molecule has 1 unspecified atom stereocenters. The van der Waals surface area contributed by atoms with Gasteiger partial charge in [-0.05, 0) is 38.0 Å². The van der Waals surface area contributed by atoms with Crippen molar-refractivity contribution in [2.45, 2.75) is 33.2 Å². The van der Waals surface area contributed by atoms with Crippen LogP contribution >= 0.6 is 11.6 Å². The fourth-order valence-corrected chi connectivity index (χ4v) is 2.22. The van der Waals surface area contributed by atoms with Gasteiger partial charge in [0.1, 0.15) is 0 Å². The van der Waals surface area contributed by atoms with E-state index < -0.39 is 5.41 Å². The average Bonchev–Trinajstić information content (AvgIpc) is 2.38. The van der Waals surface area contributed by atoms with Crippen LogP contribution in [0.2, 0.25) is 5.02 Å². The van der Waals surface area contributed by atoms with E-state index in [2.05, 4.69) is 23.6 Å². The molecular weight excluding hydrogens is 260 g/mol. The molecule has 1 aromatic carbocycles. The molecule has 0 saturated heterocycles. The first kappa shape index (κ1) is 16.0. The molecule has 1 amide bonds. The number of carbonyl (C=O) groups excluding carboxylic acids is 1. The summed E-state index contributed by atoms with van der Waals surface area (Å²) in [5, 5.41) is 6.88. The smallest absolute Gasteiger partial charge is 0.226 e. The number of rotatable bonds is 6. The highest BCUT2D eigenvalue weighted by Gasteiger charge is 2.27. The zero-order valence-corrected chi connectivity index (χ0v) is 12.8. The normalized spacial score (nSPS) is 13.1. The van der Waals surface area contributed by atoms with Gasteiger partial charge in [0.25, 0.3) is 0 Å². The quantitative estimate of drug-likeness (QED) is 0.841. The maximum absolute atomic E-state index is 11.8. The lowest BCUT2D eigenvalue weighted by atomic mass is 9.91. The molecule has 0 radical (unpaired) electrons. The summed E-state index contributed by atoms with van der Waals surface area (Å²) in [5.74, 6) is 0.0425. The molecule has 1 atom stereocenters. The van der Waals surface area contributed by atoms with E-state index in [4.69, 9.17) is 11.6 Å². The molecule has 0 bridgehead atoms. The third-order valence-corrected chi connectivity index (χ3v) is 3.53. The van der Waals surface area contributed by atoms with Crippen LogP contribution < -0.4 is 10.6 Å². The van der Waals surface area contributed by atoms with E-state index in [9.17, 15) is 4.79 Å². The van der Waals surface area contributed by atoms with Crippen LogP contribution in [-0.4, -0.2) is 19.5 Å². The number of carbonyl (C=O) groups is 1. The lowest BCUT2D eigenvalue weighted by Gasteiger charge is -2.26. The highest BCUT2D eigenvalue weighted by molar-refractivity contribution is 6.30. The fourth-order valence-electron chi connectivity index (χ4n) is 2.02. The van der Waals surface area contributed by atoms with Gasteiger partial charge < -0.3 is 10.6 Å². The van der Waals surface area contributed by atoms with E-state index in [-0.39, 0.29) is 11.9 Å². The van der Waals surface area contributed by atoms with Gasteiger partial charge in [-0.15, -0.1) is 0 Å². The Labute approximate surface area is 120 Å². The van der Waals surface area contributed by atoms with Gasteiger partial charge in [0, 0.05) is 24.7 Å². The molecule has 0 aliphatic carbocycles. The van der Waals surface area contributed by atoms with Crippen LogP contribution in [0, 0.1) is 5.41 Å². The molecule has 0 fully saturated rings. The van der Waals surface area contributed by atoms with Crippen molar-refractivity contribution in [1.82, 2.24) is 10.6 Å². The van der Waals surface area contributed by atoms with Crippen molar-refractivity contribution >= 4 is 17.5 Å². The van der Waals surface area contributed by atoms with Gasteiger partial charge in [0.2, 0.25) is 5.91 Å². The second-order valence-electron chi connectivity index (χ2n) is 5.36. The number of halogens is 1. The minimum Gasteiger partial charge on any atom is -0.359 e. The molecule has 1 rings (SSSR count). The first-order valence-electron chi connectivity index (χ1n) is 6.61. The van der Waals surface area contributed by atoms with Crippen LogP contribution in [0.1, 0.15) is 38.8 Å². The van der Waals surface area contributed by atoms with Crippen molar-refractivity contribution in [3.8, 4) is 0 Å². The van der Waals surface area contributed by atoms with E-state index in [1.54, 1.807) is 7.05 Å². The van der Waals surface area contributed by atoms with E-state index in [0.29, 0.717) is 6.54 Å². The number of hydrogen-bond acceptors (Lipinski definition) is 2. The van der Waals surface area contributed by atoms with E-state index in [1.807, 2.05) is 32.0 Å².